The van der Waals surface area contributed by atoms with Gasteiger partial charge in [-0.2, -0.15) is 4.98 Å². The Morgan fingerprint density at radius 3 is 2.74 bits per heavy atom. The van der Waals surface area contributed by atoms with Crippen molar-refractivity contribution in [3.05, 3.63) is 59.7 Å². The lowest BCUT2D eigenvalue weighted by atomic mass is 10.1. The van der Waals surface area contributed by atoms with Gasteiger partial charge >= 0.3 is 0 Å². The zero-order valence-corrected chi connectivity index (χ0v) is 12.7. The summed E-state index contributed by atoms with van der Waals surface area (Å²) in [6, 6.07) is 16.2. The summed E-state index contributed by atoms with van der Waals surface area (Å²) in [6.45, 7) is 2.74. The second kappa shape index (κ2) is 5.66. The normalized spacial score (nSPS) is 11.2. The Morgan fingerprint density at radius 1 is 1.00 bits per heavy atom. The van der Waals surface area contributed by atoms with Gasteiger partial charge in [-0.25, -0.2) is 5.43 Å². The van der Waals surface area contributed by atoms with Crippen LogP contribution in [0.15, 0.2) is 48.5 Å². The molecule has 2 aromatic carbocycles. The van der Waals surface area contributed by atoms with E-state index in [0.717, 1.165) is 22.1 Å². The standard InChI is InChI=1S/C17H16N6/c1-11-6-5-9-13-14(11)19-16-15(13)21-23-17(20-16)22-18-10-12-7-3-2-4-8-12/h2-9,18H,10H2,1H3,(H2,19,20,22,23). The number of para-hydroxylation sites is 1. The predicted molar refractivity (Wildman–Crippen MR) is 90.8 cm³/mol. The maximum atomic E-state index is 4.48. The van der Waals surface area contributed by atoms with Crippen molar-refractivity contribution >= 4 is 28.0 Å². The van der Waals surface area contributed by atoms with Crippen LogP contribution in [0.1, 0.15) is 11.1 Å². The summed E-state index contributed by atoms with van der Waals surface area (Å²) in [5.41, 5.74) is 11.0. The van der Waals surface area contributed by atoms with E-state index in [9.17, 15) is 0 Å². The minimum Gasteiger partial charge on any atom is -0.337 e. The van der Waals surface area contributed by atoms with E-state index < -0.39 is 0 Å². The summed E-state index contributed by atoms with van der Waals surface area (Å²) >= 11 is 0. The first-order valence-electron chi connectivity index (χ1n) is 7.46. The number of H-pyrrole nitrogens is 1. The molecular formula is C17H16N6. The molecule has 0 spiro atoms. The molecular weight excluding hydrogens is 288 g/mol. The molecule has 0 fully saturated rings. The van der Waals surface area contributed by atoms with E-state index in [1.54, 1.807) is 0 Å². The number of hydrogen-bond acceptors (Lipinski definition) is 5. The number of fused-ring (bicyclic) bond motifs is 3. The molecule has 0 aliphatic heterocycles. The van der Waals surface area contributed by atoms with Gasteiger partial charge < -0.3 is 4.98 Å². The lowest BCUT2D eigenvalue weighted by molar-refractivity contribution is 0.780. The smallest absolute Gasteiger partial charge is 0.259 e. The number of hydrogen-bond donors (Lipinski definition) is 3. The molecule has 2 heterocycles. The van der Waals surface area contributed by atoms with Gasteiger partial charge in [0.15, 0.2) is 5.65 Å². The highest BCUT2D eigenvalue weighted by atomic mass is 15.4. The number of benzene rings is 2. The predicted octanol–water partition coefficient (Wildman–Crippen LogP) is 2.93. The Hall–Kier alpha value is -2.99. The quantitative estimate of drug-likeness (QED) is 0.505. The minimum atomic E-state index is 0.442. The molecule has 4 rings (SSSR count). The number of hydrazine groups is 1. The lowest BCUT2D eigenvalue weighted by Gasteiger charge is -2.05. The fourth-order valence-corrected chi connectivity index (χ4v) is 2.62. The van der Waals surface area contributed by atoms with E-state index >= 15 is 0 Å². The molecule has 6 nitrogen and oxygen atoms in total. The Morgan fingerprint density at radius 2 is 1.87 bits per heavy atom. The lowest BCUT2D eigenvalue weighted by Crippen LogP contribution is -2.22. The van der Waals surface area contributed by atoms with E-state index in [0.29, 0.717) is 12.5 Å². The third kappa shape index (κ3) is 2.60. The van der Waals surface area contributed by atoms with Crippen molar-refractivity contribution in [3.8, 4) is 0 Å². The molecule has 0 aliphatic carbocycles. The van der Waals surface area contributed by atoms with E-state index in [2.05, 4.69) is 56.1 Å². The van der Waals surface area contributed by atoms with Gasteiger partial charge in [-0.05, 0) is 18.1 Å². The fraction of sp³-hybridized carbons (Fsp3) is 0.118. The van der Waals surface area contributed by atoms with Crippen molar-refractivity contribution in [1.29, 1.82) is 0 Å². The van der Waals surface area contributed by atoms with Crippen molar-refractivity contribution in [2.24, 2.45) is 0 Å². The molecule has 0 saturated heterocycles. The summed E-state index contributed by atoms with van der Waals surface area (Å²) < 4.78 is 0. The van der Waals surface area contributed by atoms with Crippen molar-refractivity contribution < 1.29 is 0 Å². The third-order valence-corrected chi connectivity index (χ3v) is 3.79. The minimum absolute atomic E-state index is 0.442. The van der Waals surface area contributed by atoms with Crippen LogP contribution in [0.3, 0.4) is 0 Å². The van der Waals surface area contributed by atoms with Crippen LogP contribution in [-0.4, -0.2) is 20.2 Å². The Labute approximate surface area is 132 Å². The SMILES string of the molecule is Cc1cccc2c1[nH]c1nc(NNCc3ccccc3)nnc12. The van der Waals surface area contributed by atoms with Crippen molar-refractivity contribution in [2.75, 3.05) is 5.43 Å². The zero-order chi connectivity index (χ0) is 15.6. The van der Waals surface area contributed by atoms with E-state index in [1.165, 1.54) is 11.1 Å². The molecule has 0 aliphatic rings. The van der Waals surface area contributed by atoms with E-state index in [-0.39, 0.29) is 0 Å². The van der Waals surface area contributed by atoms with Gasteiger partial charge in [-0.1, -0.05) is 48.5 Å². The van der Waals surface area contributed by atoms with E-state index in [1.807, 2.05) is 30.3 Å². The first-order chi connectivity index (χ1) is 11.3. The van der Waals surface area contributed by atoms with Crippen LogP contribution in [0.4, 0.5) is 5.95 Å². The summed E-state index contributed by atoms with van der Waals surface area (Å²) in [6.07, 6.45) is 0. The van der Waals surface area contributed by atoms with Crippen LogP contribution in [0, 0.1) is 6.92 Å². The highest BCUT2D eigenvalue weighted by Gasteiger charge is 2.09. The fourth-order valence-electron chi connectivity index (χ4n) is 2.62. The molecule has 0 atom stereocenters. The second-order valence-corrected chi connectivity index (χ2v) is 5.42. The van der Waals surface area contributed by atoms with Crippen LogP contribution in [-0.2, 0) is 6.54 Å². The number of anilines is 1. The van der Waals surface area contributed by atoms with Crippen LogP contribution >= 0.6 is 0 Å². The molecule has 0 unspecified atom stereocenters. The Kier molecular flexibility index (Phi) is 3.36. The highest BCUT2D eigenvalue weighted by Crippen LogP contribution is 2.24. The van der Waals surface area contributed by atoms with Gasteiger partial charge in [0.1, 0.15) is 5.52 Å². The molecule has 0 radical (unpaired) electrons. The van der Waals surface area contributed by atoms with Gasteiger partial charge in [0.2, 0.25) is 0 Å². The van der Waals surface area contributed by atoms with Gasteiger partial charge in [0.25, 0.3) is 5.95 Å². The monoisotopic (exact) mass is 304 g/mol. The number of nitrogens with one attached hydrogen (secondary N) is 3. The van der Waals surface area contributed by atoms with Gasteiger partial charge in [-0.3, -0.25) is 5.43 Å². The first kappa shape index (κ1) is 13.7. The first-order valence-corrected chi connectivity index (χ1v) is 7.46. The number of nitrogens with zero attached hydrogens (tertiary/aromatic N) is 3. The Bertz CT molecular complexity index is 961. The highest BCUT2D eigenvalue weighted by molar-refractivity contribution is 6.04. The second-order valence-electron chi connectivity index (χ2n) is 5.42. The average Bonchev–Trinajstić information content (AvgIpc) is 2.95. The molecule has 23 heavy (non-hydrogen) atoms. The van der Waals surface area contributed by atoms with Crippen LogP contribution < -0.4 is 10.9 Å². The maximum absolute atomic E-state index is 4.48. The summed E-state index contributed by atoms with van der Waals surface area (Å²) in [5, 5.41) is 9.47. The molecule has 3 N–H and O–H groups in total. The summed E-state index contributed by atoms with van der Waals surface area (Å²) in [4.78, 5) is 7.80. The topological polar surface area (TPSA) is 78.5 Å². The zero-order valence-electron chi connectivity index (χ0n) is 12.7. The number of aromatic amines is 1. The molecule has 114 valence electrons. The largest absolute Gasteiger partial charge is 0.337 e. The summed E-state index contributed by atoms with van der Waals surface area (Å²) in [5.74, 6) is 0.442. The summed E-state index contributed by atoms with van der Waals surface area (Å²) in [7, 11) is 0. The number of aryl methyl sites for hydroxylation is 1. The van der Waals surface area contributed by atoms with Crippen molar-refractivity contribution in [2.45, 2.75) is 13.5 Å². The van der Waals surface area contributed by atoms with Gasteiger partial charge in [0, 0.05) is 11.9 Å². The molecule has 6 heteroatoms. The van der Waals surface area contributed by atoms with Crippen LogP contribution in [0.5, 0.6) is 0 Å². The average molecular weight is 304 g/mol. The van der Waals surface area contributed by atoms with Crippen molar-refractivity contribution in [1.82, 2.24) is 25.6 Å². The van der Waals surface area contributed by atoms with Crippen LogP contribution in [0.2, 0.25) is 0 Å². The molecule has 4 aromatic rings. The Balaban J connectivity index is 1.57. The molecule has 0 amide bonds. The number of aromatic nitrogens is 4. The molecule has 0 saturated carbocycles. The molecule has 2 aromatic heterocycles. The van der Waals surface area contributed by atoms with Crippen molar-refractivity contribution in [3.63, 3.8) is 0 Å². The van der Waals surface area contributed by atoms with E-state index in [4.69, 9.17) is 0 Å². The third-order valence-electron chi connectivity index (χ3n) is 3.79. The number of rotatable bonds is 4. The molecule has 0 bridgehead atoms. The van der Waals surface area contributed by atoms with Crippen LogP contribution in [0.25, 0.3) is 22.1 Å². The van der Waals surface area contributed by atoms with Gasteiger partial charge in [0.05, 0.1) is 5.52 Å². The van der Waals surface area contributed by atoms with Gasteiger partial charge in [-0.15, -0.1) is 10.2 Å². The maximum Gasteiger partial charge on any atom is 0.259 e.